The highest BCUT2D eigenvalue weighted by Gasteiger charge is 2.86. The number of hydrogen-bond donors (Lipinski definition) is 1. The van der Waals surface area contributed by atoms with Crippen LogP contribution in [0.1, 0.15) is 37.7 Å². The van der Waals surface area contributed by atoms with Crippen LogP contribution in [0, 0.1) is 11.8 Å². The number of rotatable bonds is 5. The third kappa shape index (κ3) is 3.28. The summed E-state index contributed by atoms with van der Waals surface area (Å²) in [6.07, 6.45) is 6.70. The van der Waals surface area contributed by atoms with Crippen LogP contribution >= 0.6 is 11.3 Å². The Morgan fingerprint density at radius 1 is 1.17 bits per heavy atom. The Morgan fingerprint density at radius 2 is 1.83 bits per heavy atom. The first-order valence-corrected chi connectivity index (χ1v) is 12.4. The number of nitrogens with one attached hydrogen (secondary N) is 1. The van der Waals surface area contributed by atoms with E-state index in [2.05, 4.69) is 10.3 Å². The molecule has 0 aliphatic heterocycles. The van der Waals surface area contributed by atoms with Crippen LogP contribution in [0.25, 0.3) is 0 Å². The van der Waals surface area contributed by atoms with E-state index in [1.54, 1.807) is 5.38 Å². The number of halogens is 2. The Morgan fingerprint density at radius 3 is 2.38 bits per heavy atom. The molecule has 1 aromatic heterocycles. The molecule has 2 fully saturated rings. The lowest BCUT2D eigenvalue weighted by Gasteiger charge is -2.23. The van der Waals surface area contributed by atoms with Gasteiger partial charge in [0.05, 0.1) is 10.8 Å². The fraction of sp³-hybridized carbons (Fsp3) is 0.500. The molecule has 4 rings (SSSR count). The number of thiazole rings is 1. The van der Waals surface area contributed by atoms with Gasteiger partial charge in [-0.2, -0.15) is 0 Å². The number of hydrogen-bond acceptors (Lipinski definition) is 5. The minimum Gasteiger partial charge on any atom is -0.301 e. The molecule has 1 amide bonds. The van der Waals surface area contributed by atoms with Gasteiger partial charge >= 0.3 is 0 Å². The lowest BCUT2D eigenvalue weighted by atomic mass is 9.80. The lowest BCUT2D eigenvalue weighted by Crippen LogP contribution is -2.34. The van der Waals surface area contributed by atoms with Crippen molar-refractivity contribution in [1.82, 2.24) is 4.98 Å². The molecule has 5 nitrogen and oxygen atoms in total. The van der Waals surface area contributed by atoms with Gasteiger partial charge in [-0.25, -0.2) is 22.2 Å². The molecule has 1 N–H and O–H groups in total. The van der Waals surface area contributed by atoms with Crippen molar-refractivity contribution >= 4 is 32.2 Å². The second-order valence-electron chi connectivity index (χ2n) is 7.89. The molecule has 9 heteroatoms. The summed E-state index contributed by atoms with van der Waals surface area (Å²) >= 11 is 1.17. The Kier molecular flexibility index (Phi) is 5.01. The quantitative estimate of drug-likeness (QED) is 0.753. The number of benzene rings is 1. The summed E-state index contributed by atoms with van der Waals surface area (Å²) in [5.74, 6) is -5.32. The van der Waals surface area contributed by atoms with Gasteiger partial charge < -0.3 is 5.32 Å². The SMILES string of the molecule is CS(=O)(=O)c1ccc([C@]2(C(=O)Nc3nccs3)[C@H](C3CCCCC3)C2(F)F)cc1. The molecule has 1 aromatic carbocycles. The van der Waals surface area contributed by atoms with Crippen molar-refractivity contribution in [2.24, 2.45) is 11.8 Å². The third-order valence-electron chi connectivity index (χ3n) is 6.17. The summed E-state index contributed by atoms with van der Waals surface area (Å²) in [5, 5.41) is 4.49. The zero-order chi connectivity index (χ0) is 20.9. The largest absolute Gasteiger partial charge is 0.301 e. The molecule has 2 atom stereocenters. The van der Waals surface area contributed by atoms with Crippen LogP contribution < -0.4 is 5.32 Å². The average Bonchev–Trinajstić information content (AvgIpc) is 2.96. The van der Waals surface area contributed by atoms with Crippen molar-refractivity contribution in [2.75, 3.05) is 11.6 Å². The van der Waals surface area contributed by atoms with E-state index in [0.717, 1.165) is 25.5 Å². The molecule has 0 spiro atoms. The Bertz CT molecular complexity index is 1000. The number of amides is 1. The molecule has 0 radical (unpaired) electrons. The second kappa shape index (κ2) is 7.12. The molecule has 0 saturated heterocycles. The van der Waals surface area contributed by atoms with Gasteiger partial charge in [0, 0.05) is 17.8 Å². The topological polar surface area (TPSA) is 76.1 Å². The Balaban J connectivity index is 1.76. The molecule has 29 heavy (non-hydrogen) atoms. The van der Waals surface area contributed by atoms with Crippen molar-refractivity contribution < 1.29 is 22.0 Å². The highest BCUT2D eigenvalue weighted by molar-refractivity contribution is 7.90. The van der Waals surface area contributed by atoms with Crippen molar-refractivity contribution in [1.29, 1.82) is 0 Å². The van der Waals surface area contributed by atoms with E-state index in [1.807, 2.05) is 0 Å². The highest BCUT2D eigenvalue weighted by atomic mass is 32.2. The maximum absolute atomic E-state index is 15.4. The van der Waals surface area contributed by atoms with E-state index in [-0.39, 0.29) is 21.5 Å². The van der Waals surface area contributed by atoms with E-state index < -0.39 is 33.0 Å². The first-order valence-electron chi connectivity index (χ1n) is 9.58. The van der Waals surface area contributed by atoms with E-state index in [1.165, 1.54) is 41.8 Å². The van der Waals surface area contributed by atoms with Gasteiger partial charge in [-0.3, -0.25) is 4.79 Å². The highest BCUT2D eigenvalue weighted by Crippen LogP contribution is 2.71. The predicted octanol–water partition coefficient (Wildman–Crippen LogP) is 4.27. The molecule has 2 aliphatic rings. The average molecular weight is 441 g/mol. The second-order valence-corrected chi connectivity index (χ2v) is 10.8. The molecular weight excluding hydrogens is 418 g/mol. The monoisotopic (exact) mass is 440 g/mol. The van der Waals surface area contributed by atoms with Crippen LogP contribution in [0.5, 0.6) is 0 Å². The standard InChI is InChI=1S/C20H22F2N2O3S2/c1-29(26,27)15-9-7-14(8-10-15)19(17(25)24-18-23-11-12-28-18)16(20(19,21)22)13-5-3-2-4-6-13/h7-13,16H,2-6H2,1H3,(H,23,24,25)/t16-,19+/m0/s1. The van der Waals surface area contributed by atoms with E-state index in [0.29, 0.717) is 12.8 Å². The van der Waals surface area contributed by atoms with Gasteiger partial charge in [0.1, 0.15) is 5.41 Å². The summed E-state index contributed by atoms with van der Waals surface area (Å²) < 4.78 is 54.3. The van der Waals surface area contributed by atoms with Gasteiger partial charge in [0.15, 0.2) is 15.0 Å². The molecule has 0 unspecified atom stereocenters. The Labute approximate surface area is 172 Å². The van der Waals surface area contributed by atoms with Gasteiger partial charge in [0.25, 0.3) is 5.92 Å². The summed E-state index contributed by atoms with van der Waals surface area (Å²) in [7, 11) is -3.47. The normalized spacial score (nSPS) is 26.8. The van der Waals surface area contributed by atoms with E-state index >= 15 is 8.78 Å². The number of carbonyl (C=O) groups excluding carboxylic acids is 1. The molecule has 0 bridgehead atoms. The first-order chi connectivity index (χ1) is 13.7. The van der Waals surface area contributed by atoms with Crippen LogP contribution in [0.2, 0.25) is 0 Å². The first kappa shape index (κ1) is 20.4. The molecule has 1 heterocycles. The van der Waals surface area contributed by atoms with Gasteiger partial charge in [-0.15, -0.1) is 11.3 Å². The van der Waals surface area contributed by atoms with Gasteiger partial charge in [-0.05, 0) is 36.5 Å². The van der Waals surface area contributed by atoms with Gasteiger partial charge in [-0.1, -0.05) is 31.4 Å². The number of anilines is 1. The minimum atomic E-state index is -3.47. The van der Waals surface area contributed by atoms with Crippen LogP contribution in [0.15, 0.2) is 40.7 Å². The van der Waals surface area contributed by atoms with Gasteiger partial charge in [0.2, 0.25) is 5.91 Å². The van der Waals surface area contributed by atoms with Crippen LogP contribution in [0.3, 0.4) is 0 Å². The molecule has 2 aliphatic carbocycles. The number of alkyl halides is 2. The van der Waals surface area contributed by atoms with E-state index in [9.17, 15) is 13.2 Å². The maximum Gasteiger partial charge on any atom is 0.271 e. The predicted molar refractivity (Wildman–Crippen MR) is 107 cm³/mol. The minimum absolute atomic E-state index is 0.0370. The number of aromatic nitrogens is 1. The molecule has 2 saturated carbocycles. The molecule has 156 valence electrons. The smallest absolute Gasteiger partial charge is 0.271 e. The lowest BCUT2D eigenvalue weighted by molar-refractivity contribution is -0.121. The zero-order valence-electron chi connectivity index (χ0n) is 15.9. The summed E-state index contributed by atoms with van der Waals surface area (Å²) in [4.78, 5) is 17.2. The summed E-state index contributed by atoms with van der Waals surface area (Å²) in [6.45, 7) is 0. The fourth-order valence-electron chi connectivity index (χ4n) is 4.79. The summed E-state index contributed by atoms with van der Waals surface area (Å²) in [6, 6.07) is 5.31. The number of nitrogens with zero attached hydrogens (tertiary/aromatic N) is 1. The summed E-state index contributed by atoms with van der Waals surface area (Å²) in [5.41, 5.74) is -1.85. The molecule has 2 aromatic rings. The molecular formula is C20H22F2N2O3S2. The van der Waals surface area contributed by atoms with Crippen LogP contribution in [-0.4, -0.2) is 31.5 Å². The van der Waals surface area contributed by atoms with Crippen LogP contribution in [-0.2, 0) is 20.0 Å². The van der Waals surface area contributed by atoms with Crippen LogP contribution in [0.4, 0.5) is 13.9 Å². The maximum atomic E-state index is 15.4. The zero-order valence-corrected chi connectivity index (χ0v) is 17.5. The fourth-order valence-corrected chi connectivity index (χ4v) is 5.94. The van der Waals surface area contributed by atoms with Crippen molar-refractivity contribution in [3.8, 4) is 0 Å². The van der Waals surface area contributed by atoms with Crippen molar-refractivity contribution in [2.45, 2.75) is 48.3 Å². The number of carbonyl (C=O) groups is 1. The van der Waals surface area contributed by atoms with Crippen molar-refractivity contribution in [3.63, 3.8) is 0 Å². The Hall–Kier alpha value is -1.87. The number of sulfone groups is 1. The van der Waals surface area contributed by atoms with E-state index in [4.69, 9.17) is 0 Å². The van der Waals surface area contributed by atoms with Crippen molar-refractivity contribution in [3.05, 3.63) is 41.4 Å². The third-order valence-corrected chi connectivity index (χ3v) is 7.99.